The standard InChI is InChI=1S/C32H37N3O7/c1-19-7-5-10-26-25(19)17-34(42-26)31(38)32(2)18-41-27(28(40-4)30(37)35(32)23-15-24(16-23)39-3)20-11-13-21(14-12-20)29(36)33-22-8-6-9-22/h5,7,10-14,22-24H,6,8-9,15-18H2,1-4H3,(H,33,36). The summed E-state index contributed by atoms with van der Waals surface area (Å²) in [6.45, 7) is 3.85. The molecule has 2 saturated carbocycles. The van der Waals surface area contributed by atoms with Crippen molar-refractivity contribution in [2.45, 2.75) is 76.2 Å². The van der Waals surface area contributed by atoms with Crippen LogP contribution in [0.15, 0.2) is 48.2 Å². The van der Waals surface area contributed by atoms with Crippen molar-refractivity contribution in [3.05, 3.63) is 70.5 Å². The van der Waals surface area contributed by atoms with Gasteiger partial charge < -0.3 is 29.3 Å². The molecule has 6 rings (SSSR count). The maximum Gasteiger partial charge on any atom is 0.294 e. The van der Waals surface area contributed by atoms with E-state index in [0.29, 0.717) is 29.7 Å². The van der Waals surface area contributed by atoms with Gasteiger partial charge in [0.25, 0.3) is 17.7 Å². The molecule has 2 aromatic carbocycles. The smallest absolute Gasteiger partial charge is 0.294 e. The molecule has 0 aromatic heterocycles. The van der Waals surface area contributed by atoms with E-state index in [0.717, 1.165) is 30.4 Å². The van der Waals surface area contributed by atoms with Gasteiger partial charge in [-0.3, -0.25) is 14.4 Å². The monoisotopic (exact) mass is 575 g/mol. The van der Waals surface area contributed by atoms with Gasteiger partial charge in [0.2, 0.25) is 5.76 Å². The number of benzene rings is 2. The van der Waals surface area contributed by atoms with Crippen LogP contribution in [0.2, 0.25) is 0 Å². The van der Waals surface area contributed by atoms with Crippen LogP contribution >= 0.6 is 0 Å². The molecule has 1 unspecified atom stereocenters. The number of amides is 3. The van der Waals surface area contributed by atoms with Crippen molar-refractivity contribution in [3.63, 3.8) is 0 Å². The Morgan fingerprint density at radius 3 is 2.43 bits per heavy atom. The zero-order chi connectivity index (χ0) is 29.6. The van der Waals surface area contributed by atoms with E-state index in [4.69, 9.17) is 19.0 Å². The lowest BCUT2D eigenvalue weighted by Gasteiger charge is -2.49. The highest BCUT2D eigenvalue weighted by molar-refractivity contribution is 6.03. The number of methoxy groups -OCH3 is 2. The van der Waals surface area contributed by atoms with Gasteiger partial charge in [-0.2, -0.15) is 5.06 Å². The van der Waals surface area contributed by atoms with Crippen molar-refractivity contribution in [1.82, 2.24) is 15.3 Å². The third-order valence-corrected chi connectivity index (χ3v) is 9.04. The van der Waals surface area contributed by atoms with Gasteiger partial charge in [-0.15, -0.1) is 0 Å². The summed E-state index contributed by atoms with van der Waals surface area (Å²) in [4.78, 5) is 48.8. The molecule has 2 aliphatic carbocycles. The third kappa shape index (κ3) is 4.77. The molecule has 2 fully saturated rings. The molecule has 4 aliphatic rings. The van der Waals surface area contributed by atoms with Crippen molar-refractivity contribution in [2.24, 2.45) is 0 Å². The highest BCUT2D eigenvalue weighted by atomic mass is 16.7. The van der Waals surface area contributed by atoms with Gasteiger partial charge in [0.1, 0.15) is 6.61 Å². The maximum absolute atomic E-state index is 14.3. The molecule has 2 aromatic rings. The minimum Gasteiger partial charge on any atom is -0.488 e. The predicted molar refractivity (Wildman–Crippen MR) is 153 cm³/mol. The second kappa shape index (κ2) is 11.0. The number of carbonyl (C=O) groups excluding carboxylic acids is 3. The first kappa shape index (κ1) is 28.1. The number of hydrogen-bond donors (Lipinski definition) is 1. The van der Waals surface area contributed by atoms with Crippen molar-refractivity contribution in [3.8, 4) is 5.75 Å². The van der Waals surface area contributed by atoms with Crippen molar-refractivity contribution in [2.75, 3.05) is 20.8 Å². The van der Waals surface area contributed by atoms with Gasteiger partial charge in [-0.1, -0.05) is 24.3 Å². The molecule has 10 heteroatoms. The van der Waals surface area contributed by atoms with Gasteiger partial charge >= 0.3 is 0 Å². The van der Waals surface area contributed by atoms with Gasteiger partial charge in [0.05, 0.1) is 19.8 Å². The number of aryl methyl sites for hydroxylation is 1. The number of nitrogens with one attached hydrogen (secondary N) is 1. The second-order valence-corrected chi connectivity index (χ2v) is 11.7. The van der Waals surface area contributed by atoms with Crippen LogP contribution in [0.1, 0.15) is 66.1 Å². The fourth-order valence-electron chi connectivity index (χ4n) is 6.08. The number of ether oxygens (including phenoxy) is 3. The van der Waals surface area contributed by atoms with Gasteiger partial charge in [0, 0.05) is 35.9 Å². The highest BCUT2D eigenvalue weighted by Crippen LogP contribution is 2.41. The Bertz CT molecular complexity index is 1430. The summed E-state index contributed by atoms with van der Waals surface area (Å²) in [7, 11) is 3.06. The lowest BCUT2D eigenvalue weighted by molar-refractivity contribution is -0.180. The fraction of sp³-hybridized carbons (Fsp3) is 0.469. The molecule has 2 aliphatic heterocycles. The van der Waals surface area contributed by atoms with Crippen LogP contribution in [0.4, 0.5) is 0 Å². The normalized spacial score (nSPS) is 25.5. The van der Waals surface area contributed by atoms with E-state index < -0.39 is 11.4 Å². The largest absolute Gasteiger partial charge is 0.488 e. The first-order valence-electron chi connectivity index (χ1n) is 14.5. The molecule has 0 spiro atoms. The molecule has 1 N–H and O–H groups in total. The molecule has 0 saturated heterocycles. The Morgan fingerprint density at radius 1 is 1.07 bits per heavy atom. The number of hydrogen-bond acceptors (Lipinski definition) is 7. The van der Waals surface area contributed by atoms with Crippen LogP contribution in [0.25, 0.3) is 5.76 Å². The molecule has 1 atom stereocenters. The van der Waals surface area contributed by atoms with Crippen LogP contribution in [0.5, 0.6) is 5.75 Å². The summed E-state index contributed by atoms with van der Waals surface area (Å²) in [6.07, 6.45) is 4.29. The summed E-state index contributed by atoms with van der Waals surface area (Å²) in [5.41, 5.74) is 1.65. The molecule has 2 heterocycles. The van der Waals surface area contributed by atoms with Gasteiger partial charge in [-0.05, 0) is 69.7 Å². The Labute approximate surface area is 245 Å². The van der Waals surface area contributed by atoms with Crippen LogP contribution < -0.4 is 10.2 Å². The Kier molecular flexibility index (Phi) is 7.34. The topological polar surface area (TPSA) is 107 Å². The first-order valence-corrected chi connectivity index (χ1v) is 14.5. The minimum absolute atomic E-state index is 0.000493. The van der Waals surface area contributed by atoms with E-state index in [1.807, 2.05) is 25.1 Å². The molecular weight excluding hydrogens is 538 g/mol. The summed E-state index contributed by atoms with van der Waals surface area (Å²) in [5.74, 6) is -0.110. The highest BCUT2D eigenvalue weighted by Gasteiger charge is 2.55. The van der Waals surface area contributed by atoms with Crippen LogP contribution in [-0.2, 0) is 30.3 Å². The number of nitrogens with zero attached hydrogens (tertiary/aromatic N) is 2. The van der Waals surface area contributed by atoms with Crippen molar-refractivity contribution < 1.29 is 33.4 Å². The van der Waals surface area contributed by atoms with Crippen LogP contribution in [0.3, 0.4) is 0 Å². The number of carbonyl (C=O) groups is 3. The fourth-order valence-corrected chi connectivity index (χ4v) is 6.08. The first-order chi connectivity index (χ1) is 20.2. The number of fused-ring (bicyclic) bond motifs is 1. The summed E-state index contributed by atoms with van der Waals surface area (Å²) < 4.78 is 17.5. The Balaban J connectivity index is 1.31. The molecule has 42 heavy (non-hydrogen) atoms. The number of rotatable bonds is 7. The van der Waals surface area contributed by atoms with Crippen molar-refractivity contribution >= 4 is 23.5 Å². The van der Waals surface area contributed by atoms with Crippen molar-refractivity contribution in [1.29, 1.82) is 0 Å². The lowest BCUT2D eigenvalue weighted by Crippen LogP contribution is -2.67. The van der Waals surface area contributed by atoms with E-state index in [2.05, 4.69) is 5.32 Å². The predicted octanol–water partition coefficient (Wildman–Crippen LogP) is 3.72. The minimum atomic E-state index is -1.40. The second-order valence-electron chi connectivity index (χ2n) is 11.7. The Hall–Kier alpha value is -4.05. The molecule has 0 bridgehead atoms. The zero-order valence-electron chi connectivity index (χ0n) is 24.5. The van der Waals surface area contributed by atoms with Crippen LogP contribution in [-0.4, -0.2) is 72.2 Å². The van der Waals surface area contributed by atoms with Gasteiger partial charge in [-0.25, -0.2) is 0 Å². The molecule has 10 nitrogen and oxygen atoms in total. The van der Waals surface area contributed by atoms with Crippen LogP contribution in [0, 0.1) is 6.92 Å². The maximum atomic E-state index is 14.3. The lowest BCUT2D eigenvalue weighted by atomic mass is 9.83. The SMILES string of the molecule is COC1=C(c2ccc(C(=O)NC3CCC3)cc2)OCC(C)(C(=O)N2Cc3c(C)cccc3O2)N(C2CC(OC)C2)C1=O. The zero-order valence-corrected chi connectivity index (χ0v) is 24.5. The van der Waals surface area contributed by atoms with Gasteiger partial charge in [0.15, 0.2) is 17.0 Å². The number of hydroxylamine groups is 2. The Morgan fingerprint density at radius 2 is 1.81 bits per heavy atom. The molecule has 222 valence electrons. The van der Waals surface area contributed by atoms with E-state index in [1.165, 1.54) is 12.2 Å². The quantitative estimate of drug-likeness (QED) is 0.536. The molecule has 3 amide bonds. The van der Waals surface area contributed by atoms with E-state index in [-0.39, 0.29) is 54.7 Å². The average Bonchev–Trinajstić information content (AvgIpc) is 3.35. The summed E-state index contributed by atoms with van der Waals surface area (Å²) in [6, 6.07) is 12.5. The summed E-state index contributed by atoms with van der Waals surface area (Å²) in [5, 5.41) is 4.36. The van der Waals surface area contributed by atoms with E-state index in [1.54, 1.807) is 43.2 Å². The molecule has 0 radical (unpaired) electrons. The summed E-state index contributed by atoms with van der Waals surface area (Å²) >= 11 is 0. The third-order valence-electron chi connectivity index (χ3n) is 9.04. The van der Waals surface area contributed by atoms with E-state index >= 15 is 0 Å². The molecular formula is C32H37N3O7. The van der Waals surface area contributed by atoms with E-state index in [9.17, 15) is 14.4 Å². The average molecular weight is 576 g/mol.